The van der Waals surface area contributed by atoms with Crippen molar-refractivity contribution in [2.45, 2.75) is 56.5 Å². The van der Waals surface area contributed by atoms with Crippen LogP contribution in [0.3, 0.4) is 0 Å². The van der Waals surface area contributed by atoms with E-state index in [-0.39, 0.29) is 17.9 Å². The van der Waals surface area contributed by atoms with Crippen LogP contribution in [-0.4, -0.2) is 48.6 Å². The van der Waals surface area contributed by atoms with Crippen molar-refractivity contribution in [2.75, 3.05) is 20.3 Å². The van der Waals surface area contributed by atoms with Gasteiger partial charge in [0, 0.05) is 13.7 Å². The van der Waals surface area contributed by atoms with Crippen LogP contribution in [0.2, 0.25) is 0 Å². The summed E-state index contributed by atoms with van der Waals surface area (Å²) >= 11 is 0. The van der Waals surface area contributed by atoms with Crippen LogP contribution >= 0.6 is 0 Å². The van der Waals surface area contributed by atoms with Gasteiger partial charge in [0.15, 0.2) is 0 Å². The first-order chi connectivity index (χ1) is 9.68. The Labute approximate surface area is 120 Å². The number of nitrogens with zero attached hydrogens (tertiary/aromatic N) is 1. The highest BCUT2D eigenvalue weighted by molar-refractivity contribution is 6.00. The SMILES string of the molecule is COCCN1C(=O)C2(CCCCC2)NC(=O)C1C1CC1. The van der Waals surface area contributed by atoms with E-state index in [0.717, 1.165) is 44.9 Å². The summed E-state index contributed by atoms with van der Waals surface area (Å²) in [7, 11) is 1.64. The zero-order chi connectivity index (χ0) is 14.2. The predicted octanol–water partition coefficient (Wildman–Crippen LogP) is 1.07. The molecule has 1 saturated heterocycles. The van der Waals surface area contributed by atoms with E-state index in [1.807, 2.05) is 4.90 Å². The van der Waals surface area contributed by atoms with Crippen molar-refractivity contribution in [3.05, 3.63) is 0 Å². The average molecular weight is 280 g/mol. The topological polar surface area (TPSA) is 58.6 Å². The molecule has 1 aliphatic heterocycles. The molecule has 0 aromatic heterocycles. The first-order valence-electron chi connectivity index (χ1n) is 7.80. The predicted molar refractivity (Wildman–Crippen MR) is 74.1 cm³/mol. The Morgan fingerprint density at radius 3 is 2.55 bits per heavy atom. The van der Waals surface area contributed by atoms with Gasteiger partial charge in [0.1, 0.15) is 11.6 Å². The molecule has 2 amide bonds. The number of methoxy groups -OCH3 is 1. The Morgan fingerprint density at radius 2 is 1.95 bits per heavy atom. The molecule has 1 N–H and O–H groups in total. The standard InChI is InChI=1S/C15H24N2O3/c1-20-10-9-17-12(11-5-6-11)13(18)16-15(14(17)19)7-3-2-4-8-15/h11-12H,2-10H2,1H3,(H,16,18). The summed E-state index contributed by atoms with van der Waals surface area (Å²) in [5, 5.41) is 3.09. The van der Waals surface area contributed by atoms with Gasteiger partial charge in [-0.3, -0.25) is 9.59 Å². The van der Waals surface area contributed by atoms with Gasteiger partial charge in [0.05, 0.1) is 6.61 Å². The first kappa shape index (κ1) is 13.9. The number of amides is 2. The zero-order valence-electron chi connectivity index (χ0n) is 12.2. The molecule has 0 aromatic carbocycles. The normalized spacial score (nSPS) is 29.6. The highest BCUT2D eigenvalue weighted by Gasteiger charge is 2.54. The number of hydrogen-bond donors (Lipinski definition) is 1. The molecule has 1 heterocycles. The molecule has 2 saturated carbocycles. The maximum Gasteiger partial charge on any atom is 0.249 e. The third-order valence-electron chi connectivity index (χ3n) is 4.95. The molecule has 3 rings (SSSR count). The summed E-state index contributed by atoms with van der Waals surface area (Å²) in [6.45, 7) is 1.03. The number of ether oxygens (including phenoxy) is 1. The van der Waals surface area contributed by atoms with Gasteiger partial charge in [0.25, 0.3) is 0 Å². The lowest BCUT2D eigenvalue weighted by molar-refractivity contribution is -0.158. The van der Waals surface area contributed by atoms with Crippen LogP contribution in [0, 0.1) is 5.92 Å². The summed E-state index contributed by atoms with van der Waals surface area (Å²) in [5.74, 6) is 0.549. The highest BCUT2D eigenvalue weighted by atomic mass is 16.5. The van der Waals surface area contributed by atoms with Crippen molar-refractivity contribution in [3.8, 4) is 0 Å². The molecule has 3 fully saturated rings. The molecule has 0 radical (unpaired) electrons. The molecule has 1 spiro atoms. The fourth-order valence-electron chi connectivity index (χ4n) is 3.71. The number of rotatable bonds is 4. The molecular weight excluding hydrogens is 256 g/mol. The minimum absolute atomic E-state index is 0.0603. The second-order valence-electron chi connectivity index (χ2n) is 6.41. The minimum atomic E-state index is -0.617. The molecule has 0 bridgehead atoms. The second kappa shape index (κ2) is 5.35. The lowest BCUT2D eigenvalue weighted by Gasteiger charge is -2.47. The Kier molecular flexibility index (Phi) is 3.71. The fourth-order valence-corrected chi connectivity index (χ4v) is 3.71. The Balaban J connectivity index is 1.83. The molecule has 0 aromatic rings. The second-order valence-corrected chi connectivity index (χ2v) is 6.41. The lowest BCUT2D eigenvalue weighted by atomic mass is 9.78. The van der Waals surface area contributed by atoms with Crippen molar-refractivity contribution < 1.29 is 14.3 Å². The summed E-state index contributed by atoms with van der Waals surface area (Å²) in [5.41, 5.74) is -0.617. The molecule has 2 aliphatic carbocycles. The molecule has 112 valence electrons. The largest absolute Gasteiger partial charge is 0.383 e. The van der Waals surface area contributed by atoms with Gasteiger partial charge in [-0.2, -0.15) is 0 Å². The van der Waals surface area contributed by atoms with Crippen LogP contribution in [0.25, 0.3) is 0 Å². The van der Waals surface area contributed by atoms with E-state index in [9.17, 15) is 9.59 Å². The van der Waals surface area contributed by atoms with Gasteiger partial charge in [-0.1, -0.05) is 19.3 Å². The van der Waals surface area contributed by atoms with Gasteiger partial charge in [0.2, 0.25) is 11.8 Å². The van der Waals surface area contributed by atoms with E-state index in [0.29, 0.717) is 19.1 Å². The average Bonchev–Trinajstić information content (AvgIpc) is 3.26. The summed E-state index contributed by atoms with van der Waals surface area (Å²) in [6.07, 6.45) is 6.91. The Morgan fingerprint density at radius 1 is 1.25 bits per heavy atom. The smallest absolute Gasteiger partial charge is 0.249 e. The zero-order valence-corrected chi connectivity index (χ0v) is 12.2. The lowest BCUT2D eigenvalue weighted by Crippen LogP contribution is -2.71. The van der Waals surface area contributed by atoms with Crippen molar-refractivity contribution in [3.63, 3.8) is 0 Å². The highest BCUT2D eigenvalue weighted by Crippen LogP contribution is 2.40. The van der Waals surface area contributed by atoms with Crippen LogP contribution < -0.4 is 5.32 Å². The van der Waals surface area contributed by atoms with E-state index in [1.165, 1.54) is 0 Å². The van der Waals surface area contributed by atoms with E-state index < -0.39 is 5.54 Å². The van der Waals surface area contributed by atoms with E-state index in [4.69, 9.17) is 4.74 Å². The Hall–Kier alpha value is -1.10. The van der Waals surface area contributed by atoms with Gasteiger partial charge >= 0.3 is 0 Å². The number of nitrogens with one attached hydrogen (secondary N) is 1. The van der Waals surface area contributed by atoms with Crippen LogP contribution in [-0.2, 0) is 14.3 Å². The first-order valence-corrected chi connectivity index (χ1v) is 7.80. The number of hydrogen-bond acceptors (Lipinski definition) is 3. The molecule has 20 heavy (non-hydrogen) atoms. The number of carbonyl (C=O) groups excluding carboxylic acids is 2. The van der Waals surface area contributed by atoms with Gasteiger partial charge in [-0.15, -0.1) is 0 Å². The van der Waals surface area contributed by atoms with Gasteiger partial charge < -0.3 is 15.0 Å². The monoisotopic (exact) mass is 280 g/mol. The van der Waals surface area contributed by atoms with Crippen molar-refractivity contribution >= 4 is 11.8 Å². The number of piperazine rings is 1. The molecule has 3 aliphatic rings. The van der Waals surface area contributed by atoms with Crippen molar-refractivity contribution in [1.82, 2.24) is 10.2 Å². The van der Waals surface area contributed by atoms with Crippen LogP contribution in [0.15, 0.2) is 0 Å². The quantitative estimate of drug-likeness (QED) is 0.838. The molecule has 1 atom stereocenters. The summed E-state index contributed by atoms with van der Waals surface area (Å²) < 4.78 is 5.13. The molecule has 5 nitrogen and oxygen atoms in total. The van der Waals surface area contributed by atoms with Crippen molar-refractivity contribution in [1.29, 1.82) is 0 Å². The van der Waals surface area contributed by atoms with E-state index >= 15 is 0 Å². The summed E-state index contributed by atoms with van der Waals surface area (Å²) in [6, 6.07) is -0.259. The molecular formula is C15H24N2O3. The summed E-state index contributed by atoms with van der Waals surface area (Å²) in [4.78, 5) is 27.3. The van der Waals surface area contributed by atoms with E-state index in [1.54, 1.807) is 7.11 Å². The Bertz CT molecular complexity index is 400. The van der Waals surface area contributed by atoms with Gasteiger partial charge in [-0.05, 0) is 31.6 Å². The molecule has 1 unspecified atom stereocenters. The third-order valence-corrected chi connectivity index (χ3v) is 4.95. The maximum absolute atomic E-state index is 13.0. The fraction of sp³-hybridized carbons (Fsp3) is 0.867. The van der Waals surface area contributed by atoms with Crippen molar-refractivity contribution in [2.24, 2.45) is 5.92 Å². The number of carbonyl (C=O) groups is 2. The van der Waals surface area contributed by atoms with Gasteiger partial charge in [-0.25, -0.2) is 0 Å². The van der Waals surface area contributed by atoms with E-state index in [2.05, 4.69) is 5.32 Å². The maximum atomic E-state index is 13.0. The molecule has 5 heteroatoms. The van der Waals surface area contributed by atoms with Crippen LogP contribution in [0.5, 0.6) is 0 Å². The minimum Gasteiger partial charge on any atom is -0.383 e. The third kappa shape index (κ3) is 2.32. The van der Waals surface area contributed by atoms with Crippen LogP contribution in [0.4, 0.5) is 0 Å². The van der Waals surface area contributed by atoms with Crippen LogP contribution in [0.1, 0.15) is 44.9 Å².